The van der Waals surface area contributed by atoms with Gasteiger partial charge in [0.2, 0.25) is 5.91 Å². The molecule has 4 rings (SSSR count). The van der Waals surface area contributed by atoms with E-state index >= 15 is 0 Å². The van der Waals surface area contributed by atoms with Crippen LogP contribution in [0.2, 0.25) is 0 Å². The van der Waals surface area contributed by atoms with Crippen molar-refractivity contribution in [3.63, 3.8) is 0 Å². The zero-order valence-electron chi connectivity index (χ0n) is 22.1. The molecule has 0 saturated heterocycles. The number of aryl methyl sites for hydroxylation is 2. The minimum Gasteiger partial charge on any atom is -0.327 e. The molecule has 0 unspecified atom stereocenters. The summed E-state index contributed by atoms with van der Waals surface area (Å²) in [5.74, 6) is -0.734. The van der Waals surface area contributed by atoms with E-state index < -0.39 is 29.6 Å². The molecule has 9 heteroatoms. The first-order chi connectivity index (χ1) is 18.5. The summed E-state index contributed by atoms with van der Waals surface area (Å²) >= 11 is 0. The Kier molecular flexibility index (Phi) is 7.90. The molecular formula is C30H29F3N4O2. The van der Waals surface area contributed by atoms with Crippen LogP contribution in [0.1, 0.15) is 41.0 Å². The number of halogens is 3. The van der Waals surface area contributed by atoms with Gasteiger partial charge in [-0.05, 0) is 63.1 Å². The Balaban J connectivity index is 1.69. The topological polar surface area (TPSA) is 67.2 Å². The van der Waals surface area contributed by atoms with E-state index in [1.807, 2.05) is 68.4 Å². The number of hydrogen-bond acceptors (Lipinski definition) is 3. The molecule has 1 aromatic heterocycles. The van der Waals surface area contributed by atoms with Crippen LogP contribution in [0.4, 0.5) is 19.0 Å². The molecule has 0 fully saturated rings. The lowest BCUT2D eigenvalue weighted by Crippen LogP contribution is -2.42. The number of rotatable bonds is 7. The van der Waals surface area contributed by atoms with Crippen LogP contribution in [-0.2, 0) is 11.0 Å². The monoisotopic (exact) mass is 534 g/mol. The molecule has 0 aliphatic rings. The maximum absolute atomic E-state index is 13.4. The molecule has 2 amide bonds. The van der Waals surface area contributed by atoms with Gasteiger partial charge in [-0.25, -0.2) is 4.68 Å². The van der Waals surface area contributed by atoms with Crippen LogP contribution in [0.15, 0.2) is 78.9 Å². The second-order valence-electron chi connectivity index (χ2n) is 9.53. The third-order valence-corrected chi connectivity index (χ3v) is 6.36. The average Bonchev–Trinajstić information content (AvgIpc) is 3.22. The molecule has 6 nitrogen and oxygen atoms in total. The first-order valence-electron chi connectivity index (χ1n) is 12.5. The zero-order chi connectivity index (χ0) is 28.3. The summed E-state index contributed by atoms with van der Waals surface area (Å²) < 4.78 is 41.4. The van der Waals surface area contributed by atoms with Crippen molar-refractivity contribution >= 4 is 17.6 Å². The zero-order valence-corrected chi connectivity index (χ0v) is 22.1. The van der Waals surface area contributed by atoms with Gasteiger partial charge >= 0.3 is 6.18 Å². The van der Waals surface area contributed by atoms with Crippen molar-refractivity contribution in [2.45, 2.75) is 39.9 Å². The van der Waals surface area contributed by atoms with Gasteiger partial charge in [-0.1, -0.05) is 54.6 Å². The fourth-order valence-electron chi connectivity index (χ4n) is 4.38. The first kappa shape index (κ1) is 27.6. The van der Waals surface area contributed by atoms with E-state index in [9.17, 15) is 22.8 Å². The Bertz CT molecular complexity index is 1490. The predicted octanol–water partition coefficient (Wildman–Crippen LogP) is 6.66. The maximum atomic E-state index is 13.4. The highest BCUT2D eigenvalue weighted by Crippen LogP contribution is 2.34. The number of carbonyl (C=O) groups excluding carboxylic acids is 2. The molecule has 3 aromatic carbocycles. The van der Waals surface area contributed by atoms with E-state index in [0.717, 1.165) is 34.5 Å². The molecular weight excluding hydrogens is 505 g/mol. The summed E-state index contributed by atoms with van der Waals surface area (Å²) in [6, 6.07) is 20.9. The van der Waals surface area contributed by atoms with Gasteiger partial charge in [0.25, 0.3) is 5.91 Å². The number of aromatic nitrogens is 2. The standard InChI is InChI=1S/C30H29F3N4O2/c1-19(2)36(29(39)23-14-10-15-24(17-23)30(31,32)33)18-26(38)34-28-27(22-12-6-5-7-13-22)21(4)35-37(28)25-16-9-8-11-20(25)3/h5-17,19H,18H2,1-4H3,(H,34,38). The number of carbonyl (C=O) groups is 2. The Morgan fingerprint density at radius 2 is 1.62 bits per heavy atom. The molecule has 0 spiro atoms. The van der Waals surface area contributed by atoms with Gasteiger partial charge in [0, 0.05) is 17.2 Å². The lowest BCUT2D eigenvalue weighted by Gasteiger charge is -2.26. The lowest BCUT2D eigenvalue weighted by atomic mass is 10.1. The van der Waals surface area contributed by atoms with Crippen molar-refractivity contribution in [3.05, 3.63) is 101 Å². The number of benzene rings is 3. The Hall–Kier alpha value is -4.40. The fraction of sp³-hybridized carbons (Fsp3) is 0.233. The van der Waals surface area contributed by atoms with Gasteiger partial charge in [0.05, 0.1) is 16.9 Å². The highest BCUT2D eigenvalue weighted by atomic mass is 19.4. The van der Waals surface area contributed by atoms with Crippen LogP contribution in [0.25, 0.3) is 16.8 Å². The quantitative estimate of drug-likeness (QED) is 0.288. The van der Waals surface area contributed by atoms with Crippen LogP contribution < -0.4 is 5.32 Å². The second-order valence-corrected chi connectivity index (χ2v) is 9.53. The first-order valence-corrected chi connectivity index (χ1v) is 12.5. The summed E-state index contributed by atoms with van der Waals surface area (Å²) in [5.41, 5.74) is 2.93. The number of nitrogens with one attached hydrogen (secondary N) is 1. The van der Waals surface area contributed by atoms with Crippen molar-refractivity contribution in [3.8, 4) is 16.8 Å². The molecule has 0 saturated carbocycles. The van der Waals surface area contributed by atoms with Gasteiger partial charge in [-0.3, -0.25) is 9.59 Å². The fourth-order valence-corrected chi connectivity index (χ4v) is 4.38. The molecule has 39 heavy (non-hydrogen) atoms. The Labute approximate surface area is 225 Å². The van der Waals surface area contributed by atoms with Gasteiger partial charge in [0.1, 0.15) is 12.4 Å². The number of para-hydroxylation sites is 1. The number of alkyl halides is 3. The Morgan fingerprint density at radius 3 is 2.26 bits per heavy atom. The number of amides is 2. The van der Waals surface area contributed by atoms with Crippen molar-refractivity contribution in [1.82, 2.24) is 14.7 Å². The minimum absolute atomic E-state index is 0.142. The summed E-state index contributed by atoms with van der Waals surface area (Å²) in [7, 11) is 0. The smallest absolute Gasteiger partial charge is 0.327 e. The van der Waals surface area contributed by atoms with E-state index in [0.29, 0.717) is 11.5 Å². The third kappa shape index (κ3) is 6.03. The van der Waals surface area contributed by atoms with E-state index in [4.69, 9.17) is 5.10 Å². The number of hydrogen-bond donors (Lipinski definition) is 1. The van der Waals surface area contributed by atoms with Gasteiger partial charge in [-0.15, -0.1) is 0 Å². The summed E-state index contributed by atoms with van der Waals surface area (Å²) in [6.07, 6.45) is -4.59. The van der Waals surface area contributed by atoms with Crippen molar-refractivity contribution in [1.29, 1.82) is 0 Å². The van der Waals surface area contributed by atoms with Crippen molar-refractivity contribution in [2.24, 2.45) is 0 Å². The molecule has 0 atom stereocenters. The molecule has 1 heterocycles. The normalized spacial score (nSPS) is 11.5. The average molecular weight is 535 g/mol. The van der Waals surface area contributed by atoms with Crippen LogP contribution in [0, 0.1) is 13.8 Å². The third-order valence-electron chi connectivity index (χ3n) is 6.36. The van der Waals surface area contributed by atoms with Gasteiger partial charge < -0.3 is 10.2 Å². The molecule has 0 radical (unpaired) electrons. The molecule has 202 valence electrons. The minimum atomic E-state index is -4.59. The Morgan fingerprint density at radius 1 is 0.949 bits per heavy atom. The highest BCUT2D eigenvalue weighted by Gasteiger charge is 2.32. The van der Waals surface area contributed by atoms with Crippen LogP contribution in [0.3, 0.4) is 0 Å². The summed E-state index contributed by atoms with van der Waals surface area (Å²) in [4.78, 5) is 27.9. The largest absolute Gasteiger partial charge is 0.416 e. The van der Waals surface area contributed by atoms with Crippen LogP contribution >= 0.6 is 0 Å². The SMILES string of the molecule is Cc1ccccc1-n1nc(C)c(-c2ccccc2)c1NC(=O)CN(C(=O)c1cccc(C(F)(F)F)c1)C(C)C. The second kappa shape index (κ2) is 11.1. The van der Waals surface area contributed by atoms with Gasteiger partial charge in [0.15, 0.2) is 0 Å². The van der Waals surface area contributed by atoms with E-state index in [-0.39, 0.29) is 12.1 Å². The maximum Gasteiger partial charge on any atom is 0.416 e. The van der Waals surface area contributed by atoms with E-state index in [2.05, 4.69) is 5.32 Å². The summed E-state index contributed by atoms with van der Waals surface area (Å²) in [6.45, 7) is 6.84. The number of nitrogens with zero attached hydrogens (tertiary/aromatic N) is 3. The van der Waals surface area contributed by atoms with Gasteiger partial charge in [-0.2, -0.15) is 18.3 Å². The molecule has 0 bridgehead atoms. The lowest BCUT2D eigenvalue weighted by molar-refractivity contribution is -0.137. The number of anilines is 1. The molecule has 0 aliphatic carbocycles. The van der Waals surface area contributed by atoms with Crippen molar-refractivity contribution < 1.29 is 22.8 Å². The highest BCUT2D eigenvalue weighted by molar-refractivity contribution is 6.01. The van der Waals surface area contributed by atoms with Crippen molar-refractivity contribution in [2.75, 3.05) is 11.9 Å². The van der Waals surface area contributed by atoms with E-state index in [1.165, 1.54) is 17.0 Å². The predicted molar refractivity (Wildman–Crippen MR) is 145 cm³/mol. The molecule has 0 aliphatic heterocycles. The van der Waals surface area contributed by atoms with Crippen LogP contribution in [0.5, 0.6) is 0 Å². The van der Waals surface area contributed by atoms with E-state index in [1.54, 1.807) is 18.5 Å². The molecule has 4 aromatic rings. The summed E-state index contributed by atoms with van der Waals surface area (Å²) in [5, 5.41) is 7.65. The molecule has 1 N–H and O–H groups in total. The van der Waals surface area contributed by atoms with Crippen LogP contribution in [-0.4, -0.2) is 39.1 Å².